The summed E-state index contributed by atoms with van der Waals surface area (Å²) in [7, 11) is 0. The zero-order valence-electron chi connectivity index (χ0n) is 15.7. The zero-order valence-corrected chi connectivity index (χ0v) is 18.9. The van der Waals surface area contributed by atoms with Crippen molar-refractivity contribution >= 4 is 36.1 Å². The Balaban J connectivity index is 0.00000208. The largest absolute Gasteiger partial charge is 0.681 e. The van der Waals surface area contributed by atoms with E-state index in [1.807, 2.05) is 18.2 Å². The first kappa shape index (κ1) is 25.0. The van der Waals surface area contributed by atoms with Crippen molar-refractivity contribution in [3.8, 4) is 0 Å². The molecule has 0 radical (unpaired) electrons. The van der Waals surface area contributed by atoms with Gasteiger partial charge in [-0.1, -0.05) is 72.7 Å². The van der Waals surface area contributed by atoms with Crippen LogP contribution in [0.5, 0.6) is 0 Å². The molecule has 26 heavy (non-hydrogen) atoms. The van der Waals surface area contributed by atoms with Crippen molar-refractivity contribution in [3.05, 3.63) is 87.8 Å². The fourth-order valence-electron chi connectivity index (χ4n) is 3.43. The molecule has 1 aliphatic rings. The molecule has 0 bridgehead atoms. The monoisotopic (exact) mass is 422 g/mol. The second-order valence-corrected chi connectivity index (χ2v) is 6.38. The molecule has 138 valence electrons. The van der Waals surface area contributed by atoms with Gasteiger partial charge in [-0.05, 0) is 43.1 Å². The first-order chi connectivity index (χ1) is 11.1. The Hall–Kier alpha value is -0.986. The minimum absolute atomic E-state index is 0. The van der Waals surface area contributed by atoms with Crippen LogP contribution in [0, 0.1) is 5.92 Å². The topological polar surface area (TPSA) is 14.1 Å². The molecule has 1 atom stereocenters. The maximum absolute atomic E-state index is 4.76. The van der Waals surface area contributed by atoms with Crippen LogP contribution >= 0.6 is 24.8 Å². The molecule has 4 heteroatoms. The predicted octanol–water partition coefficient (Wildman–Crippen LogP) is 7.49. The molecule has 0 amide bonds. The van der Waals surface area contributed by atoms with Crippen LogP contribution in [-0.4, -0.2) is 0 Å². The molecule has 0 fully saturated rings. The van der Waals surface area contributed by atoms with Gasteiger partial charge in [0.15, 0.2) is 0 Å². The van der Waals surface area contributed by atoms with Gasteiger partial charge in [-0.15, -0.1) is 37.0 Å². The molecule has 0 aliphatic heterocycles. The van der Waals surface area contributed by atoms with E-state index in [1.165, 1.54) is 33.4 Å². The summed E-state index contributed by atoms with van der Waals surface area (Å²) in [5.74, 6) is 0.493. The van der Waals surface area contributed by atoms with Gasteiger partial charge in [0.2, 0.25) is 0 Å². The summed E-state index contributed by atoms with van der Waals surface area (Å²) in [4.78, 5) is 0. The van der Waals surface area contributed by atoms with Gasteiger partial charge in [0.05, 0.1) is 0 Å². The van der Waals surface area contributed by atoms with Crippen molar-refractivity contribution in [1.82, 2.24) is 0 Å². The fraction of sp³-hybridized carbons (Fsp3) is 0.273. The second-order valence-electron chi connectivity index (χ2n) is 6.38. The third kappa shape index (κ3) is 5.05. The Bertz CT molecular complexity index is 782. The molecule has 0 aromatic heterocycles. The number of hydrogen-bond acceptors (Lipinski definition) is 0. The van der Waals surface area contributed by atoms with Crippen LogP contribution in [0.1, 0.15) is 38.8 Å². The maximum Gasteiger partial charge on any atom is 0.00316 e. The van der Waals surface area contributed by atoms with Crippen molar-refractivity contribution in [2.45, 2.75) is 34.2 Å². The van der Waals surface area contributed by atoms with E-state index in [-0.39, 0.29) is 46.5 Å². The van der Waals surface area contributed by atoms with Gasteiger partial charge in [-0.2, -0.15) is 0 Å². The van der Waals surface area contributed by atoms with E-state index in [0.717, 1.165) is 12.2 Å². The third-order valence-corrected chi connectivity index (χ3v) is 5.14. The molecule has 2 aromatic rings. The van der Waals surface area contributed by atoms with Crippen molar-refractivity contribution < 1.29 is 21.7 Å². The van der Waals surface area contributed by atoms with Crippen LogP contribution in [0.15, 0.2) is 71.3 Å². The molecule has 2 aromatic carbocycles. The van der Waals surface area contributed by atoms with Gasteiger partial charge in [0.1, 0.15) is 0 Å². The number of rotatable bonds is 4. The molecule has 0 N–H and O–H groups in total. The zero-order chi connectivity index (χ0) is 16.4. The van der Waals surface area contributed by atoms with Crippen LogP contribution in [0.2, 0.25) is 0 Å². The van der Waals surface area contributed by atoms with Crippen molar-refractivity contribution in [3.63, 3.8) is 0 Å². The SMILES string of the molecule is CC1=C(C)C(C)C(c2ccccc2C[N-]c2ccccc2)=C1C.Cl.Cl.[Ti]. The normalized spacial score (nSPS) is 15.8. The van der Waals surface area contributed by atoms with Gasteiger partial charge in [-0.25, -0.2) is 0 Å². The first-order valence-corrected chi connectivity index (χ1v) is 8.29. The third-order valence-electron chi connectivity index (χ3n) is 5.14. The van der Waals surface area contributed by atoms with Crippen LogP contribution < -0.4 is 0 Å². The van der Waals surface area contributed by atoms with E-state index in [0.29, 0.717) is 5.92 Å². The smallest absolute Gasteiger partial charge is 0.00316 e. The van der Waals surface area contributed by atoms with E-state index < -0.39 is 0 Å². The average Bonchev–Trinajstić information content (AvgIpc) is 2.78. The van der Waals surface area contributed by atoms with Gasteiger partial charge in [0, 0.05) is 27.6 Å². The molecule has 1 aliphatic carbocycles. The molecule has 0 saturated carbocycles. The van der Waals surface area contributed by atoms with E-state index >= 15 is 0 Å². The molecule has 3 rings (SSSR count). The summed E-state index contributed by atoms with van der Waals surface area (Å²) in [5, 5.41) is 4.76. The Kier molecular flexibility index (Phi) is 10.6. The first-order valence-electron chi connectivity index (χ1n) is 8.29. The Morgan fingerprint density at radius 1 is 0.808 bits per heavy atom. The molecule has 1 nitrogen and oxygen atoms in total. The van der Waals surface area contributed by atoms with Gasteiger partial charge >= 0.3 is 0 Å². The Morgan fingerprint density at radius 3 is 1.96 bits per heavy atom. The molecular formula is C22H26Cl2NTi-. The molecular weight excluding hydrogens is 397 g/mol. The van der Waals surface area contributed by atoms with Crippen LogP contribution in [0.3, 0.4) is 0 Å². The number of benzene rings is 2. The summed E-state index contributed by atoms with van der Waals surface area (Å²) in [6.07, 6.45) is 0. The molecule has 1 unspecified atom stereocenters. The van der Waals surface area contributed by atoms with Gasteiger partial charge in [-0.3, -0.25) is 0 Å². The average molecular weight is 423 g/mol. The van der Waals surface area contributed by atoms with E-state index in [9.17, 15) is 0 Å². The quantitative estimate of drug-likeness (QED) is 0.453. The minimum Gasteiger partial charge on any atom is -0.681 e. The summed E-state index contributed by atoms with van der Waals surface area (Å²) in [6.45, 7) is 9.79. The minimum atomic E-state index is 0. The predicted molar refractivity (Wildman–Crippen MR) is 114 cm³/mol. The van der Waals surface area contributed by atoms with Gasteiger partial charge < -0.3 is 5.32 Å². The number of halogens is 2. The fourth-order valence-corrected chi connectivity index (χ4v) is 3.43. The molecule has 0 heterocycles. The van der Waals surface area contributed by atoms with Crippen molar-refractivity contribution in [2.75, 3.05) is 0 Å². The van der Waals surface area contributed by atoms with Crippen LogP contribution in [-0.2, 0) is 28.3 Å². The van der Waals surface area contributed by atoms with E-state index in [1.54, 1.807) is 0 Å². The number of hydrogen-bond donors (Lipinski definition) is 0. The standard InChI is InChI=1S/C22H24N.2ClH.Ti/c1-15-16(2)18(4)22(17(15)3)21-13-9-8-10-19(21)14-23-20-11-6-5-7-12-20;;;/h5-13,17H,14H2,1-4H3;2*1H;/q-1;;;. The van der Waals surface area contributed by atoms with Gasteiger partial charge in [0.25, 0.3) is 0 Å². The van der Waals surface area contributed by atoms with E-state index in [2.05, 4.69) is 64.1 Å². The Labute approximate surface area is 185 Å². The van der Waals surface area contributed by atoms with Crippen LogP contribution in [0.25, 0.3) is 10.9 Å². The molecule has 0 spiro atoms. The molecule has 0 saturated heterocycles. The van der Waals surface area contributed by atoms with E-state index in [4.69, 9.17) is 5.32 Å². The summed E-state index contributed by atoms with van der Waals surface area (Å²) in [6, 6.07) is 18.9. The summed E-state index contributed by atoms with van der Waals surface area (Å²) < 4.78 is 0. The summed E-state index contributed by atoms with van der Waals surface area (Å²) >= 11 is 0. The second kappa shape index (κ2) is 11.0. The number of para-hydroxylation sites is 1. The summed E-state index contributed by atoms with van der Waals surface area (Å²) in [5.41, 5.74) is 9.54. The maximum atomic E-state index is 4.76. The number of allylic oxidation sites excluding steroid dienone is 4. The number of nitrogens with zero attached hydrogens (tertiary/aromatic N) is 1. The Morgan fingerprint density at radius 2 is 1.38 bits per heavy atom. The van der Waals surface area contributed by atoms with Crippen molar-refractivity contribution in [2.24, 2.45) is 5.92 Å². The van der Waals surface area contributed by atoms with Crippen LogP contribution in [0.4, 0.5) is 5.69 Å². The van der Waals surface area contributed by atoms with Crippen molar-refractivity contribution in [1.29, 1.82) is 0 Å².